The summed E-state index contributed by atoms with van der Waals surface area (Å²) in [5.74, 6) is 0.0812. The third-order valence-corrected chi connectivity index (χ3v) is 5.25. The molecule has 30 heavy (non-hydrogen) atoms. The lowest BCUT2D eigenvalue weighted by atomic mass is 10.1. The molecule has 0 bridgehead atoms. The second-order valence-corrected chi connectivity index (χ2v) is 7.62. The Bertz CT molecular complexity index is 1230. The highest BCUT2D eigenvalue weighted by Gasteiger charge is 2.14. The van der Waals surface area contributed by atoms with Crippen molar-refractivity contribution < 1.29 is 18.7 Å². The van der Waals surface area contributed by atoms with Crippen LogP contribution in [0.5, 0.6) is 5.75 Å². The van der Waals surface area contributed by atoms with Crippen LogP contribution in [0.4, 0.5) is 5.69 Å². The van der Waals surface area contributed by atoms with Crippen LogP contribution in [-0.4, -0.2) is 25.5 Å². The van der Waals surface area contributed by atoms with E-state index in [2.05, 4.69) is 26.6 Å². The first-order valence-electron chi connectivity index (χ1n) is 9.38. The van der Waals surface area contributed by atoms with Crippen LogP contribution in [0.3, 0.4) is 0 Å². The number of hydrogen-bond acceptors (Lipinski definition) is 4. The van der Waals surface area contributed by atoms with Gasteiger partial charge in [0.1, 0.15) is 16.9 Å². The largest absolute Gasteiger partial charge is 0.495 e. The van der Waals surface area contributed by atoms with Crippen LogP contribution in [0, 0.1) is 0 Å². The standard InChI is InChI=1S/C23H19BrN2O4/c1-29-21-12-17-16-4-2-3-5-19(16)30-20(17)13-18(21)26-22(27)10-11-25-23(28)14-6-8-15(24)9-7-14/h2-9,12-13H,10-11H2,1H3,(H,25,28)(H,26,27). The monoisotopic (exact) mass is 466 g/mol. The fourth-order valence-electron chi connectivity index (χ4n) is 3.22. The Balaban J connectivity index is 1.42. The highest BCUT2D eigenvalue weighted by Crippen LogP contribution is 2.36. The minimum absolute atomic E-state index is 0.129. The average molecular weight is 467 g/mol. The van der Waals surface area contributed by atoms with Crippen LogP contribution in [-0.2, 0) is 4.79 Å². The number of fused-ring (bicyclic) bond motifs is 3. The molecule has 0 unspecified atom stereocenters. The first-order valence-corrected chi connectivity index (χ1v) is 10.2. The number of para-hydroxylation sites is 1. The third-order valence-electron chi connectivity index (χ3n) is 4.72. The predicted octanol–water partition coefficient (Wildman–Crippen LogP) is 5.12. The SMILES string of the molecule is COc1cc2c(cc1NC(=O)CCNC(=O)c1ccc(Br)cc1)oc1ccccc12. The molecule has 152 valence electrons. The zero-order chi connectivity index (χ0) is 21.1. The van der Waals surface area contributed by atoms with Crippen molar-refractivity contribution in [3.63, 3.8) is 0 Å². The number of amides is 2. The quantitative estimate of drug-likeness (QED) is 0.413. The first kappa shape index (κ1) is 20.0. The summed E-state index contributed by atoms with van der Waals surface area (Å²) < 4.78 is 12.2. The number of carbonyl (C=O) groups excluding carboxylic acids is 2. The molecule has 4 rings (SSSR count). The summed E-state index contributed by atoms with van der Waals surface area (Å²) >= 11 is 3.33. The Hall–Kier alpha value is -3.32. The lowest BCUT2D eigenvalue weighted by molar-refractivity contribution is -0.116. The van der Waals surface area contributed by atoms with Gasteiger partial charge < -0.3 is 19.8 Å². The van der Waals surface area contributed by atoms with Gasteiger partial charge in [0.05, 0.1) is 12.8 Å². The summed E-state index contributed by atoms with van der Waals surface area (Å²) in [6.45, 7) is 0.218. The maximum atomic E-state index is 12.4. The molecule has 2 amide bonds. The van der Waals surface area contributed by atoms with Gasteiger partial charge in [0.15, 0.2) is 0 Å². The van der Waals surface area contributed by atoms with Crippen molar-refractivity contribution in [2.75, 3.05) is 19.0 Å². The van der Waals surface area contributed by atoms with Gasteiger partial charge in [-0.3, -0.25) is 9.59 Å². The van der Waals surface area contributed by atoms with Gasteiger partial charge in [-0.2, -0.15) is 0 Å². The number of halogens is 1. The second-order valence-electron chi connectivity index (χ2n) is 6.71. The van der Waals surface area contributed by atoms with Crippen LogP contribution in [0.1, 0.15) is 16.8 Å². The lowest BCUT2D eigenvalue weighted by Gasteiger charge is -2.11. The normalized spacial score (nSPS) is 10.9. The van der Waals surface area contributed by atoms with Gasteiger partial charge in [0, 0.05) is 39.8 Å². The summed E-state index contributed by atoms with van der Waals surface area (Å²) in [5.41, 5.74) is 2.49. The topological polar surface area (TPSA) is 80.6 Å². The van der Waals surface area contributed by atoms with Crippen molar-refractivity contribution >= 4 is 55.4 Å². The second kappa shape index (κ2) is 8.59. The molecule has 0 radical (unpaired) electrons. The summed E-state index contributed by atoms with van der Waals surface area (Å²) in [7, 11) is 1.55. The zero-order valence-electron chi connectivity index (χ0n) is 16.2. The van der Waals surface area contributed by atoms with E-state index in [4.69, 9.17) is 9.15 Å². The van der Waals surface area contributed by atoms with Crippen LogP contribution in [0.15, 0.2) is 69.6 Å². The fraction of sp³-hybridized carbons (Fsp3) is 0.130. The first-order chi connectivity index (χ1) is 14.5. The van der Waals surface area contributed by atoms with Gasteiger partial charge >= 0.3 is 0 Å². The van der Waals surface area contributed by atoms with Gasteiger partial charge in [-0.05, 0) is 36.4 Å². The number of carbonyl (C=O) groups is 2. The molecular weight excluding hydrogens is 448 g/mol. The molecule has 4 aromatic rings. The molecule has 1 aromatic heterocycles. The van der Waals surface area contributed by atoms with Gasteiger partial charge in [0.25, 0.3) is 5.91 Å². The van der Waals surface area contributed by atoms with Gasteiger partial charge in [0.2, 0.25) is 5.91 Å². The molecule has 0 aliphatic rings. The van der Waals surface area contributed by atoms with Crippen LogP contribution >= 0.6 is 15.9 Å². The maximum absolute atomic E-state index is 12.4. The Labute approximate surface area is 181 Å². The number of methoxy groups -OCH3 is 1. The van der Waals surface area contributed by atoms with E-state index in [-0.39, 0.29) is 24.8 Å². The molecule has 0 saturated carbocycles. The summed E-state index contributed by atoms with van der Waals surface area (Å²) in [5, 5.41) is 7.49. The number of hydrogen-bond donors (Lipinski definition) is 2. The van der Waals surface area contributed by atoms with E-state index in [9.17, 15) is 9.59 Å². The van der Waals surface area contributed by atoms with E-state index >= 15 is 0 Å². The maximum Gasteiger partial charge on any atom is 0.251 e. The number of nitrogens with one attached hydrogen (secondary N) is 2. The Morgan fingerprint density at radius 2 is 1.77 bits per heavy atom. The van der Waals surface area contributed by atoms with Crippen LogP contribution in [0.25, 0.3) is 21.9 Å². The molecule has 0 spiro atoms. The highest BCUT2D eigenvalue weighted by atomic mass is 79.9. The number of rotatable bonds is 6. The van der Waals surface area contributed by atoms with Crippen molar-refractivity contribution in [3.8, 4) is 5.75 Å². The van der Waals surface area contributed by atoms with Crippen molar-refractivity contribution in [2.24, 2.45) is 0 Å². The minimum atomic E-state index is -0.236. The molecule has 3 aromatic carbocycles. The van der Waals surface area contributed by atoms with Crippen molar-refractivity contribution in [2.45, 2.75) is 6.42 Å². The number of anilines is 1. The third kappa shape index (κ3) is 4.16. The molecule has 0 aliphatic carbocycles. The lowest BCUT2D eigenvalue weighted by Crippen LogP contribution is -2.27. The van der Waals surface area contributed by atoms with E-state index in [1.165, 1.54) is 0 Å². The molecule has 0 saturated heterocycles. The Morgan fingerprint density at radius 1 is 1.00 bits per heavy atom. The smallest absolute Gasteiger partial charge is 0.251 e. The molecule has 1 heterocycles. The summed E-state index contributed by atoms with van der Waals surface area (Å²) in [4.78, 5) is 24.5. The Kier molecular flexibility index (Phi) is 5.72. The van der Waals surface area contributed by atoms with Crippen molar-refractivity contribution in [3.05, 3.63) is 70.7 Å². The molecule has 0 aliphatic heterocycles. The van der Waals surface area contributed by atoms with Gasteiger partial charge in [-0.15, -0.1) is 0 Å². The van der Waals surface area contributed by atoms with E-state index in [0.717, 1.165) is 20.8 Å². The molecule has 7 heteroatoms. The molecular formula is C23H19BrN2O4. The van der Waals surface area contributed by atoms with Crippen molar-refractivity contribution in [1.82, 2.24) is 5.32 Å². The number of ether oxygens (including phenoxy) is 1. The fourth-order valence-corrected chi connectivity index (χ4v) is 3.49. The molecule has 0 atom stereocenters. The van der Waals surface area contributed by atoms with E-state index < -0.39 is 0 Å². The van der Waals surface area contributed by atoms with E-state index in [0.29, 0.717) is 22.6 Å². The zero-order valence-corrected chi connectivity index (χ0v) is 17.8. The highest BCUT2D eigenvalue weighted by molar-refractivity contribution is 9.10. The molecule has 0 fully saturated rings. The minimum Gasteiger partial charge on any atom is -0.495 e. The van der Waals surface area contributed by atoms with Crippen LogP contribution < -0.4 is 15.4 Å². The van der Waals surface area contributed by atoms with E-state index in [1.54, 1.807) is 37.4 Å². The van der Waals surface area contributed by atoms with E-state index in [1.807, 2.05) is 30.3 Å². The summed E-state index contributed by atoms with van der Waals surface area (Å²) in [6.07, 6.45) is 0.129. The predicted molar refractivity (Wildman–Crippen MR) is 120 cm³/mol. The van der Waals surface area contributed by atoms with Gasteiger partial charge in [-0.25, -0.2) is 0 Å². The van der Waals surface area contributed by atoms with Crippen molar-refractivity contribution in [1.29, 1.82) is 0 Å². The average Bonchev–Trinajstić information content (AvgIpc) is 3.10. The molecule has 2 N–H and O–H groups in total. The molecule has 6 nitrogen and oxygen atoms in total. The number of benzene rings is 3. The Morgan fingerprint density at radius 3 is 2.53 bits per heavy atom. The number of furan rings is 1. The summed E-state index contributed by atoms with van der Waals surface area (Å²) in [6, 6.07) is 18.4. The van der Waals surface area contributed by atoms with Crippen LogP contribution in [0.2, 0.25) is 0 Å². The van der Waals surface area contributed by atoms with Gasteiger partial charge in [-0.1, -0.05) is 34.1 Å².